The summed E-state index contributed by atoms with van der Waals surface area (Å²) in [5.74, 6) is -0.355. The van der Waals surface area contributed by atoms with Gasteiger partial charge >= 0.3 is 5.91 Å². The van der Waals surface area contributed by atoms with Crippen LogP contribution in [0, 0.1) is 0 Å². The fraction of sp³-hybridized carbons (Fsp3) is 0.0556. The molecule has 0 saturated carbocycles. The molecule has 2 aromatic heterocycles. The van der Waals surface area contributed by atoms with Crippen LogP contribution in [0.5, 0.6) is 0 Å². The second-order valence-corrected chi connectivity index (χ2v) is 6.07. The zero-order chi connectivity index (χ0) is 17.6. The molecular weight excluding hydrogens is 338 g/mol. The molecule has 0 spiro atoms. The predicted molar refractivity (Wildman–Crippen MR) is 97.1 cm³/mol. The summed E-state index contributed by atoms with van der Waals surface area (Å²) < 4.78 is 5.00. The Balaban J connectivity index is 1.62. The van der Waals surface area contributed by atoms with Gasteiger partial charge in [-0.15, -0.1) is 11.3 Å². The minimum Gasteiger partial charge on any atom is -0.459 e. The van der Waals surface area contributed by atoms with Crippen molar-refractivity contribution in [3.05, 3.63) is 76.4 Å². The van der Waals surface area contributed by atoms with Crippen molar-refractivity contribution in [3.8, 4) is 0 Å². The fourth-order valence-electron chi connectivity index (χ4n) is 2.06. The Labute approximate surface area is 148 Å². The molecule has 3 aromatic rings. The smallest absolute Gasteiger partial charge is 0.307 e. The third-order valence-electron chi connectivity index (χ3n) is 3.38. The van der Waals surface area contributed by atoms with Crippen LogP contribution in [0.1, 0.15) is 32.7 Å². The van der Waals surface area contributed by atoms with Crippen LogP contribution in [0.3, 0.4) is 0 Å². The maximum absolute atomic E-state index is 12.0. The molecule has 0 aliphatic rings. The van der Waals surface area contributed by atoms with Crippen molar-refractivity contribution >= 4 is 34.6 Å². The normalized spacial score (nSPS) is 11.2. The number of nitrogens with zero attached hydrogens (tertiary/aromatic N) is 1. The average Bonchev–Trinajstić information content (AvgIpc) is 3.33. The van der Waals surface area contributed by atoms with Gasteiger partial charge in [-0.3, -0.25) is 9.59 Å². The highest BCUT2D eigenvalue weighted by molar-refractivity contribution is 7.12. The van der Waals surface area contributed by atoms with Crippen LogP contribution in [0.4, 0.5) is 5.69 Å². The van der Waals surface area contributed by atoms with Crippen LogP contribution in [-0.4, -0.2) is 17.5 Å². The van der Waals surface area contributed by atoms with E-state index in [1.807, 2.05) is 23.6 Å². The first-order chi connectivity index (χ1) is 12.1. The second-order valence-electron chi connectivity index (χ2n) is 5.12. The van der Waals surface area contributed by atoms with Crippen molar-refractivity contribution in [2.45, 2.75) is 6.92 Å². The van der Waals surface area contributed by atoms with Crippen molar-refractivity contribution < 1.29 is 14.0 Å². The highest BCUT2D eigenvalue weighted by Crippen LogP contribution is 2.14. The molecule has 2 N–H and O–H groups in total. The molecule has 0 aliphatic carbocycles. The number of anilines is 1. The number of rotatable bonds is 5. The van der Waals surface area contributed by atoms with Gasteiger partial charge in [0.2, 0.25) is 0 Å². The molecule has 126 valence electrons. The van der Waals surface area contributed by atoms with E-state index < -0.39 is 5.91 Å². The van der Waals surface area contributed by atoms with Gasteiger partial charge in [-0.05, 0) is 48.2 Å². The van der Waals surface area contributed by atoms with Crippen molar-refractivity contribution in [1.82, 2.24) is 5.43 Å². The van der Waals surface area contributed by atoms with E-state index in [2.05, 4.69) is 15.8 Å². The maximum Gasteiger partial charge on any atom is 0.307 e. The summed E-state index contributed by atoms with van der Waals surface area (Å²) in [5, 5.41) is 8.74. The molecule has 6 nitrogen and oxygen atoms in total. The third-order valence-corrected chi connectivity index (χ3v) is 4.24. The highest BCUT2D eigenvalue weighted by Gasteiger charge is 2.08. The lowest BCUT2D eigenvalue weighted by molar-refractivity contribution is 0.0926. The van der Waals surface area contributed by atoms with E-state index in [-0.39, 0.29) is 11.7 Å². The first kappa shape index (κ1) is 16.7. The summed E-state index contributed by atoms with van der Waals surface area (Å²) in [6, 6.07) is 14.0. The Hall–Kier alpha value is -3.19. The van der Waals surface area contributed by atoms with Gasteiger partial charge in [-0.25, -0.2) is 5.43 Å². The Morgan fingerprint density at radius 2 is 1.84 bits per heavy atom. The van der Waals surface area contributed by atoms with Gasteiger partial charge in [0.05, 0.1) is 16.9 Å². The molecule has 2 heterocycles. The zero-order valence-electron chi connectivity index (χ0n) is 13.4. The molecular formula is C18H15N3O3S. The molecule has 0 atom stereocenters. The van der Waals surface area contributed by atoms with Crippen LogP contribution < -0.4 is 10.7 Å². The average molecular weight is 353 g/mol. The molecule has 0 fully saturated rings. The van der Waals surface area contributed by atoms with Crippen LogP contribution in [-0.2, 0) is 0 Å². The Bertz CT molecular complexity index is 882. The minimum atomic E-state index is -0.413. The highest BCUT2D eigenvalue weighted by atomic mass is 32.1. The first-order valence-corrected chi connectivity index (χ1v) is 8.35. The topological polar surface area (TPSA) is 83.7 Å². The lowest BCUT2D eigenvalue weighted by Crippen LogP contribution is -2.18. The second kappa shape index (κ2) is 7.59. The zero-order valence-corrected chi connectivity index (χ0v) is 14.2. The van der Waals surface area contributed by atoms with Gasteiger partial charge in [-0.2, -0.15) is 5.10 Å². The van der Waals surface area contributed by atoms with Gasteiger partial charge in [0, 0.05) is 5.69 Å². The molecule has 25 heavy (non-hydrogen) atoms. The van der Waals surface area contributed by atoms with Gasteiger partial charge in [0.25, 0.3) is 5.91 Å². The van der Waals surface area contributed by atoms with Gasteiger partial charge in [-0.1, -0.05) is 18.2 Å². The van der Waals surface area contributed by atoms with E-state index in [0.717, 1.165) is 5.56 Å². The molecule has 3 rings (SSSR count). The quantitative estimate of drug-likeness (QED) is 0.541. The Morgan fingerprint density at radius 3 is 2.48 bits per heavy atom. The van der Waals surface area contributed by atoms with Gasteiger partial charge in [0.1, 0.15) is 0 Å². The number of nitrogens with one attached hydrogen (secondary N) is 2. The van der Waals surface area contributed by atoms with E-state index >= 15 is 0 Å². The number of thiophene rings is 1. The summed E-state index contributed by atoms with van der Waals surface area (Å²) in [6.07, 6.45) is 1.43. The molecule has 0 unspecified atom stereocenters. The lowest BCUT2D eigenvalue weighted by Gasteiger charge is -2.06. The molecule has 0 saturated heterocycles. The van der Waals surface area contributed by atoms with Crippen LogP contribution in [0.15, 0.2) is 69.7 Å². The van der Waals surface area contributed by atoms with E-state index in [4.69, 9.17) is 4.42 Å². The monoisotopic (exact) mass is 353 g/mol. The number of hydrogen-bond acceptors (Lipinski definition) is 5. The molecule has 1 aromatic carbocycles. The fourth-order valence-corrected chi connectivity index (χ4v) is 2.68. The number of carbonyl (C=O) groups excluding carboxylic acids is 2. The number of hydrogen-bond donors (Lipinski definition) is 2. The van der Waals surface area contributed by atoms with E-state index in [0.29, 0.717) is 16.3 Å². The number of furan rings is 1. The summed E-state index contributed by atoms with van der Waals surface area (Å²) in [4.78, 5) is 24.4. The number of carbonyl (C=O) groups is 2. The van der Waals surface area contributed by atoms with Gasteiger partial charge in [0.15, 0.2) is 5.76 Å². The van der Waals surface area contributed by atoms with E-state index in [1.165, 1.54) is 17.6 Å². The molecule has 2 amide bonds. The van der Waals surface area contributed by atoms with E-state index in [1.54, 1.807) is 37.3 Å². The molecule has 7 heteroatoms. The summed E-state index contributed by atoms with van der Waals surface area (Å²) >= 11 is 1.39. The SMILES string of the molecule is CC(=NNC(=O)c1ccco1)c1ccc(NC(=O)c2cccs2)cc1. The van der Waals surface area contributed by atoms with Crippen LogP contribution in [0.2, 0.25) is 0 Å². The van der Waals surface area contributed by atoms with E-state index in [9.17, 15) is 9.59 Å². The minimum absolute atomic E-state index is 0.140. The Morgan fingerprint density at radius 1 is 1.04 bits per heavy atom. The third kappa shape index (κ3) is 4.21. The predicted octanol–water partition coefficient (Wildman–Crippen LogP) is 3.75. The van der Waals surface area contributed by atoms with Crippen molar-refractivity contribution in [2.24, 2.45) is 5.10 Å². The number of benzene rings is 1. The van der Waals surface area contributed by atoms with Crippen LogP contribution in [0.25, 0.3) is 0 Å². The maximum atomic E-state index is 12.0. The molecule has 0 bridgehead atoms. The number of hydrazone groups is 1. The van der Waals surface area contributed by atoms with Crippen molar-refractivity contribution in [1.29, 1.82) is 0 Å². The molecule has 0 aliphatic heterocycles. The van der Waals surface area contributed by atoms with Crippen molar-refractivity contribution in [3.63, 3.8) is 0 Å². The summed E-state index contributed by atoms with van der Waals surface area (Å²) in [6.45, 7) is 1.78. The van der Waals surface area contributed by atoms with Crippen molar-refractivity contribution in [2.75, 3.05) is 5.32 Å². The Kier molecular flexibility index (Phi) is 5.06. The number of amides is 2. The summed E-state index contributed by atoms with van der Waals surface area (Å²) in [5.41, 5.74) is 4.59. The summed E-state index contributed by atoms with van der Waals surface area (Å²) in [7, 11) is 0. The lowest BCUT2D eigenvalue weighted by atomic mass is 10.1. The molecule has 0 radical (unpaired) electrons. The van der Waals surface area contributed by atoms with Crippen LogP contribution >= 0.6 is 11.3 Å². The van der Waals surface area contributed by atoms with Gasteiger partial charge < -0.3 is 9.73 Å². The standard InChI is InChI=1S/C18H15N3O3S/c1-12(20-21-17(22)15-4-2-10-24-15)13-6-8-14(9-7-13)19-18(23)16-5-3-11-25-16/h2-11H,1H3,(H,19,23)(H,21,22). The largest absolute Gasteiger partial charge is 0.459 e. The first-order valence-electron chi connectivity index (χ1n) is 7.47.